The zero-order valence-electron chi connectivity index (χ0n) is 26.9. The van der Waals surface area contributed by atoms with Crippen LogP contribution < -0.4 is 15.4 Å². The number of amides is 1. The molecular formula is C38H45N5O2. The molecule has 3 aromatic carbocycles. The molecular weight excluding hydrogens is 558 g/mol. The molecule has 6 rings (SSSR count). The van der Waals surface area contributed by atoms with E-state index < -0.39 is 0 Å². The molecule has 2 heterocycles. The summed E-state index contributed by atoms with van der Waals surface area (Å²) >= 11 is 0. The first-order valence-electron chi connectivity index (χ1n) is 16.6. The quantitative estimate of drug-likeness (QED) is 0.135. The molecule has 0 atom stereocenters. The number of hydrogen-bond acceptors (Lipinski definition) is 5. The highest BCUT2D eigenvalue weighted by Gasteiger charge is 2.18. The topological polar surface area (TPSA) is 81.1 Å². The Morgan fingerprint density at radius 2 is 1.78 bits per heavy atom. The number of benzene rings is 3. The minimum Gasteiger partial charge on any atom is -0.494 e. The van der Waals surface area contributed by atoms with E-state index in [0.717, 1.165) is 73.3 Å². The van der Waals surface area contributed by atoms with Crippen LogP contribution in [0.3, 0.4) is 0 Å². The van der Waals surface area contributed by atoms with E-state index in [0.29, 0.717) is 24.6 Å². The fourth-order valence-electron chi connectivity index (χ4n) is 6.33. The van der Waals surface area contributed by atoms with Crippen molar-refractivity contribution in [1.82, 2.24) is 19.9 Å². The number of fused-ring (bicyclic) bond motifs is 3. The molecule has 0 fully saturated rings. The summed E-state index contributed by atoms with van der Waals surface area (Å²) < 4.78 is 7.94. The van der Waals surface area contributed by atoms with Gasteiger partial charge in [-0.25, -0.2) is 4.98 Å². The number of hydrogen-bond donors (Lipinski definition) is 2. The lowest BCUT2D eigenvalue weighted by molar-refractivity contribution is 0.0953. The van der Waals surface area contributed by atoms with Crippen LogP contribution in [0.15, 0.2) is 66.7 Å². The summed E-state index contributed by atoms with van der Waals surface area (Å²) in [4.78, 5) is 23.2. The predicted octanol–water partition coefficient (Wildman–Crippen LogP) is 7.73. The molecule has 1 amide bonds. The number of imidazole rings is 1. The molecule has 1 aliphatic carbocycles. The summed E-state index contributed by atoms with van der Waals surface area (Å²) in [5.41, 5.74) is 8.65. The van der Waals surface area contributed by atoms with Gasteiger partial charge in [0.1, 0.15) is 11.6 Å². The first-order chi connectivity index (χ1) is 22.0. The van der Waals surface area contributed by atoms with E-state index in [1.807, 2.05) is 31.2 Å². The van der Waals surface area contributed by atoms with E-state index in [2.05, 4.69) is 71.5 Å². The molecule has 0 bridgehead atoms. The van der Waals surface area contributed by atoms with Crippen molar-refractivity contribution in [2.75, 3.05) is 25.0 Å². The van der Waals surface area contributed by atoms with E-state index in [1.165, 1.54) is 40.7 Å². The lowest BCUT2D eigenvalue weighted by Gasteiger charge is -2.21. The second-order valence-corrected chi connectivity index (χ2v) is 12.5. The van der Waals surface area contributed by atoms with E-state index in [4.69, 9.17) is 14.7 Å². The Balaban J connectivity index is 1.11. The number of ether oxygens (including phenoxy) is 1. The van der Waals surface area contributed by atoms with Gasteiger partial charge < -0.3 is 19.9 Å². The van der Waals surface area contributed by atoms with Gasteiger partial charge in [-0.3, -0.25) is 9.78 Å². The molecule has 0 aliphatic heterocycles. The Labute approximate surface area is 266 Å². The van der Waals surface area contributed by atoms with Crippen molar-refractivity contribution in [2.24, 2.45) is 5.92 Å². The zero-order chi connectivity index (χ0) is 31.2. The molecule has 1 aliphatic rings. The van der Waals surface area contributed by atoms with Crippen LogP contribution in [0.5, 0.6) is 5.75 Å². The minimum atomic E-state index is -0.0616. The van der Waals surface area contributed by atoms with Crippen LogP contribution in [0.2, 0.25) is 0 Å². The highest BCUT2D eigenvalue weighted by Crippen LogP contribution is 2.33. The number of nitrogens with one attached hydrogen (secondary N) is 2. The molecule has 5 aromatic rings. The van der Waals surface area contributed by atoms with E-state index >= 15 is 0 Å². The predicted molar refractivity (Wildman–Crippen MR) is 183 cm³/mol. The standard InChI is InChI=1S/C38H45N5O2/c1-4-45-29-17-14-27(15-18-29)24-36-42-34-25-28(16-19-35(34)43(36)23-20-26(2)3)38(44)40-22-9-21-39-37-30-10-5-7-12-32(30)41-33-13-8-6-11-31(33)37/h5,7,10,12,14-19,25-26H,4,6,8-9,11,13,20-24H2,1-3H3,(H,39,41)(H,40,44). The van der Waals surface area contributed by atoms with Gasteiger partial charge in [0.25, 0.3) is 5.91 Å². The number of anilines is 1. The summed E-state index contributed by atoms with van der Waals surface area (Å²) in [6.07, 6.45) is 7.16. The van der Waals surface area contributed by atoms with E-state index in [-0.39, 0.29) is 5.91 Å². The number of aromatic nitrogens is 3. The molecule has 0 radical (unpaired) electrons. The molecule has 7 heteroatoms. The molecule has 0 spiro atoms. The van der Waals surface area contributed by atoms with Crippen LogP contribution in [-0.2, 0) is 25.8 Å². The first-order valence-corrected chi connectivity index (χ1v) is 16.6. The monoisotopic (exact) mass is 603 g/mol. The molecule has 7 nitrogen and oxygen atoms in total. The van der Waals surface area contributed by atoms with Crippen LogP contribution in [0.4, 0.5) is 5.69 Å². The highest BCUT2D eigenvalue weighted by atomic mass is 16.5. The van der Waals surface area contributed by atoms with Crippen molar-refractivity contribution in [2.45, 2.75) is 72.3 Å². The Kier molecular flexibility index (Phi) is 9.63. The van der Waals surface area contributed by atoms with Gasteiger partial charge in [-0.15, -0.1) is 0 Å². The van der Waals surface area contributed by atoms with Crippen molar-refractivity contribution in [3.05, 3.63) is 94.9 Å². The smallest absolute Gasteiger partial charge is 0.251 e. The Hall–Kier alpha value is -4.39. The molecule has 2 aromatic heterocycles. The first kappa shape index (κ1) is 30.6. The van der Waals surface area contributed by atoms with E-state index in [1.54, 1.807) is 0 Å². The summed E-state index contributed by atoms with van der Waals surface area (Å²) in [7, 11) is 0. The number of nitrogens with zero attached hydrogens (tertiary/aromatic N) is 3. The maximum absolute atomic E-state index is 13.2. The molecule has 0 saturated heterocycles. The van der Waals surface area contributed by atoms with E-state index in [9.17, 15) is 4.79 Å². The molecule has 0 saturated carbocycles. The summed E-state index contributed by atoms with van der Waals surface area (Å²) in [5.74, 6) is 2.42. The van der Waals surface area contributed by atoms with Crippen molar-refractivity contribution in [3.8, 4) is 5.75 Å². The van der Waals surface area contributed by atoms with Gasteiger partial charge in [-0.1, -0.05) is 44.2 Å². The van der Waals surface area contributed by atoms with Gasteiger partial charge in [-0.05, 0) is 98.9 Å². The number of carbonyl (C=O) groups excluding carboxylic acids is 1. The SMILES string of the molecule is CCOc1ccc(Cc2nc3cc(C(=O)NCCCNc4c5c(nc6ccccc46)CCCC5)ccc3n2CCC(C)C)cc1. The number of pyridine rings is 1. The Morgan fingerprint density at radius 3 is 2.60 bits per heavy atom. The van der Waals surface area contributed by atoms with Gasteiger partial charge in [0.05, 0.1) is 23.2 Å². The van der Waals surface area contributed by atoms with Crippen molar-refractivity contribution in [1.29, 1.82) is 0 Å². The third-order valence-electron chi connectivity index (χ3n) is 8.73. The minimum absolute atomic E-state index is 0.0616. The van der Waals surface area contributed by atoms with Crippen LogP contribution in [0.25, 0.3) is 21.9 Å². The normalized spacial score (nSPS) is 12.9. The van der Waals surface area contributed by atoms with Crippen LogP contribution in [-0.4, -0.2) is 40.1 Å². The maximum Gasteiger partial charge on any atom is 0.251 e. The Bertz CT molecular complexity index is 1770. The van der Waals surface area contributed by atoms with Gasteiger partial charge >= 0.3 is 0 Å². The number of carbonyl (C=O) groups is 1. The summed E-state index contributed by atoms with van der Waals surface area (Å²) in [6, 6.07) is 22.6. The van der Waals surface area contributed by atoms with Gasteiger partial charge in [0.2, 0.25) is 0 Å². The van der Waals surface area contributed by atoms with Crippen molar-refractivity contribution in [3.63, 3.8) is 0 Å². The van der Waals surface area contributed by atoms with Crippen molar-refractivity contribution < 1.29 is 9.53 Å². The average molecular weight is 604 g/mol. The van der Waals surface area contributed by atoms with Crippen LogP contribution >= 0.6 is 0 Å². The lowest BCUT2D eigenvalue weighted by atomic mass is 9.92. The Morgan fingerprint density at radius 1 is 0.956 bits per heavy atom. The highest BCUT2D eigenvalue weighted by molar-refractivity contribution is 5.97. The maximum atomic E-state index is 13.2. The second-order valence-electron chi connectivity index (χ2n) is 12.5. The number of aryl methyl sites for hydroxylation is 2. The zero-order valence-corrected chi connectivity index (χ0v) is 26.9. The molecule has 0 unspecified atom stereocenters. The third kappa shape index (κ3) is 7.14. The van der Waals surface area contributed by atoms with Crippen LogP contribution in [0, 0.1) is 5.92 Å². The molecule has 234 valence electrons. The number of para-hydroxylation sites is 1. The van der Waals surface area contributed by atoms with Gasteiger partial charge in [0, 0.05) is 48.4 Å². The third-order valence-corrected chi connectivity index (χ3v) is 8.73. The fourth-order valence-corrected chi connectivity index (χ4v) is 6.33. The average Bonchev–Trinajstić information content (AvgIpc) is 3.39. The molecule has 45 heavy (non-hydrogen) atoms. The second kappa shape index (κ2) is 14.1. The lowest BCUT2D eigenvalue weighted by Crippen LogP contribution is -2.26. The van der Waals surface area contributed by atoms with Crippen LogP contribution in [0.1, 0.15) is 79.5 Å². The van der Waals surface area contributed by atoms with Gasteiger partial charge in [0.15, 0.2) is 0 Å². The number of rotatable bonds is 13. The largest absolute Gasteiger partial charge is 0.494 e. The van der Waals surface area contributed by atoms with Gasteiger partial charge in [-0.2, -0.15) is 0 Å². The molecule has 2 N–H and O–H groups in total. The fraction of sp³-hybridized carbons (Fsp3) is 0.395. The van der Waals surface area contributed by atoms with Crippen molar-refractivity contribution >= 4 is 33.5 Å². The summed E-state index contributed by atoms with van der Waals surface area (Å²) in [5, 5.41) is 8.01. The summed E-state index contributed by atoms with van der Waals surface area (Å²) in [6.45, 7) is 9.42.